The number of methoxy groups -OCH3 is 1. The highest BCUT2D eigenvalue weighted by Gasteiger charge is 2.58. The quantitative estimate of drug-likeness (QED) is 0.193. The van der Waals surface area contributed by atoms with Gasteiger partial charge < -0.3 is 20.1 Å². The van der Waals surface area contributed by atoms with Gasteiger partial charge in [0.15, 0.2) is 9.84 Å². The van der Waals surface area contributed by atoms with Gasteiger partial charge in [0.1, 0.15) is 11.7 Å². The summed E-state index contributed by atoms with van der Waals surface area (Å²) in [5.41, 5.74) is 0.930. The van der Waals surface area contributed by atoms with E-state index < -0.39 is 39.5 Å². The summed E-state index contributed by atoms with van der Waals surface area (Å²) in [6.45, 7) is 0.113. The Morgan fingerprint density at radius 3 is 2.24 bits per heavy atom. The molecule has 0 aromatic heterocycles. The molecular weight excluding hydrogens is 540 g/mol. The zero-order chi connectivity index (χ0) is 28.9. The maximum absolute atomic E-state index is 13.5. The van der Waals surface area contributed by atoms with Crippen molar-refractivity contribution in [1.29, 1.82) is 0 Å². The van der Waals surface area contributed by atoms with Crippen LogP contribution in [0.15, 0.2) is 119 Å². The third-order valence-corrected chi connectivity index (χ3v) is 9.13. The van der Waals surface area contributed by atoms with Crippen LogP contribution in [0.25, 0.3) is 0 Å². The van der Waals surface area contributed by atoms with Gasteiger partial charge in [0.05, 0.1) is 34.9 Å². The maximum Gasteiger partial charge on any atom is 0.337 e. The molecule has 0 saturated carbocycles. The van der Waals surface area contributed by atoms with E-state index in [0.717, 1.165) is 11.3 Å². The number of sulfone groups is 1. The van der Waals surface area contributed by atoms with Crippen LogP contribution >= 0.6 is 0 Å². The summed E-state index contributed by atoms with van der Waals surface area (Å²) in [6.07, 6.45) is 3.58. The number of carbonyl (C=O) groups excluding carboxylic acids is 2. The molecule has 0 aliphatic carbocycles. The predicted octanol–water partition coefficient (Wildman–Crippen LogP) is 3.87. The van der Waals surface area contributed by atoms with Crippen LogP contribution in [0.3, 0.4) is 0 Å². The minimum Gasteiger partial charge on any atom is -0.466 e. The second-order valence-corrected chi connectivity index (χ2v) is 12.1. The van der Waals surface area contributed by atoms with E-state index in [1.807, 2.05) is 66.7 Å². The van der Waals surface area contributed by atoms with Crippen molar-refractivity contribution in [3.63, 3.8) is 0 Å². The molecule has 5 rings (SSSR count). The van der Waals surface area contributed by atoms with Crippen molar-refractivity contribution in [3.05, 3.63) is 120 Å². The fourth-order valence-electron chi connectivity index (χ4n) is 5.36. The number of amides is 1. The average Bonchev–Trinajstić information content (AvgIpc) is 3.59. The molecule has 2 aliphatic rings. The third-order valence-electron chi connectivity index (χ3n) is 7.31. The van der Waals surface area contributed by atoms with Crippen molar-refractivity contribution in [1.82, 2.24) is 5.32 Å². The van der Waals surface area contributed by atoms with Gasteiger partial charge in [-0.05, 0) is 48.7 Å². The second kappa shape index (κ2) is 12.1. The van der Waals surface area contributed by atoms with E-state index in [-0.39, 0.29) is 34.8 Å². The normalized spacial score (nSPS) is 20.1. The van der Waals surface area contributed by atoms with Crippen LogP contribution in [0.5, 0.6) is 0 Å². The van der Waals surface area contributed by atoms with E-state index in [1.165, 1.54) is 7.11 Å². The van der Waals surface area contributed by atoms with E-state index in [2.05, 4.69) is 10.6 Å². The van der Waals surface area contributed by atoms with E-state index in [9.17, 15) is 18.0 Å². The predicted molar refractivity (Wildman–Crippen MR) is 156 cm³/mol. The van der Waals surface area contributed by atoms with Crippen molar-refractivity contribution in [2.45, 2.75) is 35.5 Å². The van der Waals surface area contributed by atoms with Gasteiger partial charge in [0.25, 0.3) is 5.91 Å². The number of fused-ring (bicyclic) bond motifs is 2. The third kappa shape index (κ3) is 5.96. The van der Waals surface area contributed by atoms with Gasteiger partial charge in [-0.15, -0.1) is 0 Å². The average molecular weight is 573 g/mol. The van der Waals surface area contributed by atoms with Gasteiger partial charge in [0, 0.05) is 12.2 Å². The van der Waals surface area contributed by atoms with E-state index >= 15 is 0 Å². The monoisotopic (exact) mass is 572 g/mol. The largest absolute Gasteiger partial charge is 0.466 e. The zero-order valence-corrected chi connectivity index (χ0v) is 23.5. The Hall–Kier alpha value is -4.21. The molecule has 3 aromatic rings. The van der Waals surface area contributed by atoms with Crippen molar-refractivity contribution >= 4 is 27.4 Å². The lowest BCUT2D eigenvalue weighted by Crippen LogP contribution is -2.49. The van der Waals surface area contributed by atoms with Crippen LogP contribution in [0.4, 0.5) is 5.69 Å². The molecule has 9 heteroatoms. The fourth-order valence-corrected chi connectivity index (χ4v) is 6.69. The first-order valence-corrected chi connectivity index (χ1v) is 15.1. The molecule has 3 atom stereocenters. The summed E-state index contributed by atoms with van der Waals surface area (Å²) < 4.78 is 36.8. The molecule has 212 valence electrons. The van der Waals surface area contributed by atoms with Crippen molar-refractivity contribution in [2.24, 2.45) is 0 Å². The van der Waals surface area contributed by atoms with Crippen molar-refractivity contribution in [2.75, 3.05) is 24.7 Å². The Kier molecular flexibility index (Phi) is 8.37. The number of hydrogen-bond acceptors (Lipinski definition) is 7. The number of esters is 1. The molecule has 1 amide bonds. The summed E-state index contributed by atoms with van der Waals surface area (Å²) in [7, 11) is -2.20. The van der Waals surface area contributed by atoms with Crippen LogP contribution in [0.2, 0.25) is 0 Å². The Morgan fingerprint density at radius 2 is 1.59 bits per heavy atom. The molecule has 3 unspecified atom stereocenters. The minimum atomic E-state index is -3.48. The minimum absolute atomic E-state index is 0.113. The van der Waals surface area contributed by atoms with E-state index in [0.29, 0.717) is 6.42 Å². The molecule has 2 N–H and O–H groups in total. The molecule has 8 nitrogen and oxygen atoms in total. The number of benzene rings is 3. The summed E-state index contributed by atoms with van der Waals surface area (Å²) in [5.74, 6) is -1.26. The summed E-state index contributed by atoms with van der Waals surface area (Å²) in [5, 5.41) is 6.32. The number of anilines is 1. The van der Waals surface area contributed by atoms with Crippen LogP contribution in [0.1, 0.15) is 12.0 Å². The molecule has 2 heterocycles. The smallest absolute Gasteiger partial charge is 0.337 e. The van der Waals surface area contributed by atoms with Crippen molar-refractivity contribution in [3.8, 4) is 0 Å². The summed E-state index contributed by atoms with van der Waals surface area (Å²) >= 11 is 0. The molecule has 0 spiro atoms. The Balaban J connectivity index is 1.39. The number of para-hydroxylation sites is 1. The molecule has 0 fully saturated rings. The molecule has 0 saturated heterocycles. The molecular formula is C32H32N2O6S. The van der Waals surface area contributed by atoms with Gasteiger partial charge in [-0.2, -0.15) is 0 Å². The fraction of sp³-hybridized carbons (Fsp3) is 0.250. The second-order valence-electron chi connectivity index (χ2n) is 9.96. The maximum atomic E-state index is 13.5. The molecule has 41 heavy (non-hydrogen) atoms. The first-order chi connectivity index (χ1) is 19.8. The number of ether oxygens (including phenoxy) is 2. The van der Waals surface area contributed by atoms with Gasteiger partial charge in [-0.1, -0.05) is 72.8 Å². The highest BCUT2D eigenvalue weighted by atomic mass is 32.2. The Morgan fingerprint density at radius 1 is 0.951 bits per heavy atom. The molecule has 2 aliphatic heterocycles. The molecule has 3 aromatic carbocycles. The zero-order valence-electron chi connectivity index (χ0n) is 22.7. The lowest BCUT2D eigenvalue weighted by atomic mass is 9.78. The Bertz CT molecular complexity index is 1510. The number of hydrogen-bond donors (Lipinski definition) is 2. The van der Waals surface area contributed by atoms with E-state index in [4.69, 9.17) is 9.47 Å². The molecule has 2 bridgehead atoms. The van der Waals surface area contributed by atoms with Gasteiger partial charge in [-0.25, -0.2) is 13.2 Å². The van der Waals surface area contributed by atoms with E-state index in [1.54, 1.807) is 36.4 Å². The lowest BCUT2D eigenvalue weighted by Gasteiger charge is -2.36. The van der Waals surface area contributed by atoms with Crippen LogP contribution < -0.4 is 10.6 Å². The van der Waals surface area contributed by atoms with Crippen molar-refractivity contribution < 1.29 is 27.5 Å². The highest BCUT2D eigenvalue weighted by Crippen LogP contribution is 2.47. The summed E-state index contributed by atoms with van der Waals surface area (Å²) in [6, 6.07) is 27.2. The molecule has 0 radical (unpaired) electrons. The SMILES string of the molecule is COC(=O)C1=C(C(=O)NCCCS(=O)(=O)c2ccccc2)C2C=CC1(C(Cc1ccccc1)Nc1ccccc1)O2. The summed E-state index contributed by atoms with van der Waals surface area (Å²) in [4.78, 5) is 27.0. The van der Waals surface area contributed by atoms with Gasteiger partial charge >= 0.3 is 5.97 Å². The Labute approximate surface area is 240 Å². The topological polar surface area (TPSA) is 111 Å². The van der Waals surface area contributed by atoms with Gasteiger partial charge in [0.2, 0.25) is 0 Å². The van der Waals surface area contributed by atoms with Crippen LogP contribution in [-0.4, -0.2) is 57.4 Å². The standard InChI is InChI=1S/C32H32N2O6S/c1-39-31(36)29-28(30(35)33-20-11-21-41(37,38)25-16-9-4-10-17-25)26-18-19-32(29,40-26)27(22-23-12-5-2-6-13-23)34-24-14-7-3-8-15-24/h2-10,12-19,26-27,34H,11,20-22H2,1H3,(H,33,35). The number of nitrogens with one attached hydrogen (secondary N) is 2. The lowest BCUT2D eigenvalue weighted by molar-refractivity contribution is -0.138. The first kappa shape index (κ1) is 28.3. The number of carbonyl (C=O) groups is 2. The first-order valence-electron chi connectivity index (χ1n) is 13.5. The van der Waals surface area contributed by atoms with Crippen LogP contribution in [-0.2, 0) is 35.3 Å². The highest BCUT2D eigenvalue weighted by molar-refractivity contribution is 7.91. The van der Waals surface area contributed by atoms with Gasteiger partial charge in [-0.3, -0.25) is 4.79 Å². The number of rotatable bonds is 12. The van der Waals surface area contributed by atoms with Crippen LogP contribution in [0, 0.1) is 0 Å².